The highest BCUT2D eigenvalue weighted by molar-refractivity contribution is 5.94. The van der Waals surface area contributed by atoms with E-state index in [1.807, 2.05) is 0 Å². The van der Waals surface area contributed by atoms with Crippen LogP contribution in [0.1, 0.15) is 30.1 Å². The van der Waals surface area contributed by atoms with Gasteiger partial charge in [0.1, 0.15) is 11.6 Å². The molecule has 104 valence electrons. The number of hydrogen-bond donors (Lipinski definition) is 3. The summed E-state index contributed by atoms with van der Waals surface area (Å²) in [6.07, 6.45) is 2.15. The third-order valence-electron chi connectivity index (χ3n) is 3.51. The maximum Gasteiger partial charge on any atom is 0.254 e. The number of phenolic OH excluding ortho intramolecular Hbond substituents is 1. The summed E-state index contributed by atoms with van der Waals surface area (Å²) in [7, 11) is 0. The minimum atomic E-state index is -0.701. The molecule has 2 unspecified atom stereocenters. The average Bonchev–Trinajstić information content (AvgIpc) is 2.37. The van der Waals surface area contributed by atoms with Crippen LogP contribution < -0.4 is 10.6 Å². The van der Waals surface area contributed by atoms with Crippen molar-refractivity contribution in [2.24, 2.45) is 5.92 Å². The van der Waals surface area contributed by atoms with Crippen molar-refractivity contribution in [2.75, 3.05) is 13.1 Å². The number of phenols is 1. The maximum atomic E-state index is 13.5. The van der Waals surface area contributed by atoms with Gasteiger partial charge >= 0.3 is 0 Å². The number of carbonyl (C=O) groups excluding carboxylic acids is 1. The smallest absolute Gasteiger partial charge is 0.254 e. The van der Waals surface area contributed by atoms with E-state index >= 15 is 0 Å². The third-order valence-corrected chi connectivity index (χ3v) is 3.51. The van der Waals surface area contributed by atoms with Gasteiger partial charge in [0.2, 0.25) is 0 Å². The monoisotopic (exact) mass is 266 g/mol. The summed E-state index contributed by atoms with van der Waals surface area (Å²) in [5.41, 5.74) is -0.0325. The van der Waals surface area contributed by atoms with Crippen LogP contribution in [-0.2, 0) is 0 Å². The summed E-state index contributed by atoms with van der Waals surface area (Å²) in [5.74, 6) is -0.927. The van der Waals surface area contributed by atoms with Crippen molar-refractivity contribution < 1.29 is 14.3 Å². The lowest BCUT2D eigenvalue weighted by molar-refractivity contribution is 0.0940. The first-order valence-corrected chi connectivity index (χ1v) is 6.56. The minimum absolute atomic E-state index is 0.0325. The first kappa shape index (κ1) is 13.8. The summed E-state index contributed by atoms with van der Waals surface area (Å²) in [6.45, 7) is 3.55. The van der Waals surface area contributed by atoms with Gasteiger partial charge in [-0.3, -0.25) is 4.79 Å². The van der Waals surface area contributed by atoms with E-state index in [0.717, 1.165) is 25.5 Å². The van der Waals surface area contributed by atoms with E-state index < -0.39 is 11.7 Å². The number of aromatic hydroxyl groups is 1. The molecule has 0 bridgehead atoms. The van der Waals surface area contributed by atoms with E-state index in [1.54, 1.807) is 0 Å². The Morgan fingerprint density at radius 3 is 2.95 bits per heavy atom. The zero-order valence-electron chi connectivity index (χ0n) is 10.9. The Morgan fingerprint density at radius 1 is 1.53 bits per heavy atom. The van der Waals surface area contributed by atoms with Crippen molar-refractivity contribution in [2.45, 2.75) is 25.8 Å². The van der Waals surface area contributed by atoms with Crippen LogP contribution in [0.2, 0.25) is 0 Å². The molecule has 2 atom stereocenters. The molecule has 0 radical (unpaired) electrons. The van der Waals surface area contributed by atoms with Crippen LogP contribution in [-0.4, -0.2) is 30.1 Å². The first-order valence-electron chi connectivity index (χ1n) is 6.56. The molecule has 4 nitrogen and oxygen atoms in total. The van der Waals surface area contributed by atoms with Gasteiger partial charge in [-0.05, 0) is 44.4 Å². The normalized spacial score (nSPS) is 23.1. The van der Waals surface area contributed by atoms with Gasteiger partial charge in [0.25, 0.3) is 5.91 Å². The Labute approximate surface area is 112 Å². The fourth-order valence-electron chi connectivity index (χ4n) is 2.25. The number of nitrogens with one attached hydrogen (secondary N) is 2. The van der Waals surface area contributed by atoms with Crippen molar-refractivity contribution in [1.29, 1.82) is 0 Å². The highest BCUT2D eigenvalue weighted by Gasteiger charge is 2.19. The van der Waals surface area contributed by atoms with Crippen LogP contribution >= 0.6 is 0 Å². The third kappa shape index (κ3) is 3.67. The van der Waals surface area contributed by atoms with E-state index in [0.29, 0.717) is 18.5 Å². The number of benzene rings is 1. The van der Waals surface area contributed by atoms with Crippen molar-refractivity contribution in [1.82, 2.24) is 10.6 Å². The van der Waals surface area contributed by atoms with Crippen LogP contribution in [0.15, 0.2) is 18.2 Å². The van der Waals surface area contributed by atoms with Gasteiger partial charge in [-0.25, -0.2) is 4.39 Å². The molecule has 2 rings (SSSR count). The molecule has 1 fully saturated rings. The largest absolute Gasteiger partial charge is 0.508 e. The summed E-state index contributed by atoms with van der Waals surface area (Å²) in [5, 5.41) is 15.2. The second-order valence-corrected chi connectivity index (χ2v) is 5.13. The van der Waals surface area contributed by atoms with Crippen molar-refractivity contribution >= 4 is 5.91 Å². The lowest BCUT2D eigenvalue weighted by Gasteiger charge is -2.27. The Kier molecular flexibility index (Phi) is 4.37. The van der Waals surface area contributed by atoms with Gasteiger partial charge in [-0.1, -0.05) is 0 Å². The Morgan fingerprint density at radius 2 is 2.32 bits per heavy atom. The average molecular weight is 266 g/mol. The first-order chi connectivity index (χ1) is 9.06. The minimum Gasteiger partial charge on any atom is -0.508 e. The zero-order chi connectivity index (χ0) is 13.8. The molecule has 1 aromatic carbocycles. The summed E-state index contributed by atoms with van der Waals surface area (Å²) in [4.78, 5) is 11.8. The molecule has 19 heavy (non-hydrogen) atoms. The van der Waals surface area contributed by atoms with E-state index in [9.17, 15) is 9.18 Å². The molecular formula is C14H19FN2O2. The van der Waals surface area contributed by atoms with Crippen LogP contribution in [0.25, 0.3) is 0 Å². The molecule has 1 amide bonds. The SMILES string of the molecule is CC1CCC(CNC(=O)c2ccc(O)cc2F)CN1. The molecule has 1 aliphatic rings. The number of amides is 1. The number of halogens is 1. The Hall–Kier alpha value is -1.62. The van der Waals surface area contributed by atoms with Gasteiger partial charge in [-0.15, -0.1) is 0 Å². The van der Waals surface area contributed by atoms with E-state index in [1.165, 1.54) is 12.1 Å². The predicted molar refractivity (Wildman–Crippen MR) is 70.6 cm³/mol. The van der Waals surface area contributed by atoms with E-state index in [2.05, 4.69) is 17.6 Å². The standard InChI is InChI=1S/C14H19FN2O2/c1-9-2-3-10(7-16-9)8-17-14(19)12-5-4-11(18)6-13(12)15/h4-6,9-10,16,18H,2-3,7-8H2,1H3,(H,17,19). The molecule has 0 aliphatic carbocycles. The van der Waals surface area contributed by atoms with E-state index in [4.69, 9.17) is 5.11 Å². The second-order valence-electron chi connectivity index (χ2n) is 5.13. The lowest BCUT2D eigenvalue weighted by Crippen LogP contribution is -2.42. The molecule has 0 spiro atoms. The highest BCUT2D eigenvalue weighted by atomic mass is 19.1. The van der Waals surface area contributed by atoms with Crippen LogP contribution in [0.4, 0.5) is 4.39 Å². The zero-order valence-corrected chi connectivity index (χ0v) is 10.9. The second kappa shape index (κ2) is 6.02. The van der Waals surface area contributed by atoms with Crippen molar-refractivity contribution in [3.05, 3.63) is 29.6 Å². The quantitative estimate of drug-likeness (QED) is 0.779. The molecule has 0 saturated carbocycles. The van der Waals surface area contributed by atoms with Gasteiger partial charge in [0.05, 0.1) is 5.56 Å². The summed E-state index contributed by atoms with van der Waals surface area (Å²) in [6, 6.07) is 4.07. The number of rotatable bonds is 3. The lowest BCUT2D eigenvalue weighted by atomic mass is 9.95. The number of carbonyl (C=O) groups is 1. The molecular weight excluding hydrogens is 247 g/mol. The van der Waals surface area contributed by atoms with Crippen LogP contribution in [0.3, 0.4) is 0 Å². The van der Waals surface area contributed by atoms with Crippen LogP contribution in [0, 0.1) is 11.7 Å². The van der Waals surface area contributed by atoms with Gasteiger partial charge in [-0.2, -0.15) is 0 Å². The van der Waals surface area contributed by atoms with Crippen molar-refractivity contribution in [3.63, 3.8) is 0 Å². The summed E-state index contributed by atoms with van der Waals surface area (Å²) < 4.78 is 13.5. The fourth-order valence-corrected chi connectivity index (χ4v) is 2.25. The predicted octanol–water partition coefficient (Wildman–Crippen LogP) is 1.65. The maximum absolute atomic E-state index is 13.5. The Balaban J connectivity index is 1.87. The molecule has 1 aliphatic heterocycles. The van der Waals surface area contributed by atoms with Crippen LogP contribution in [0.5, 0.6) is 5.75 Å². The molecule has 5 heteroatoms. The fraction of sp³-hybridized carbons (Fsp3) is 0.500. The highest BCUT2D eigenvalue weighted by Crippen LogP contribution is 2.16. The van der Waals surface area contributed by atoms with Gasteiger partial charge < -0.3 is 15.7 Å². The molecule has 1 saturated heterocycles. The molecule has 0 aromatic heterocycles. The van der Waals surface area contributed by atoms with Crippen molar-refractivity contribution in [3.8, 4) is 5.75 Å². The number of hydrogen-bond acceptors (Lipinski definition) is 3. The number of piperidine rings is 1. The molecule has 3 N–H and O–H groups in total. The Bertz CT molecular complexity index is 457. The van der Waals surface area contributed by atoms with E-state index in [-0.39, 0.29) is 11.3 Å². The van der Waals surface area contributed by atoms with Gasteiger partial charge in [0.15, 0.2) is 0 Å². The van der Waals surface area contributed by atoms with Gasteiger partial charge in [0, 0.05) is 18.7 Å². The summed E-state index contributed by atoms with van der Waals surface area (Å²) >= 11 is 0. The molecule has 1 heterocycles. The topological polar surface area (TPSA) is 61.4 Å². The molecule has 1 aromatic rings.